The van der Waals surface area contributed by atoms with Gasteiger partial charge in [-0.1, -0.05) is 18.9 Å². The zero-order chi connectivity index (χ0) is 17.1. The lowest BCUT2D eigenvalue weighted by Gasteiger charge is -2.20. The summed E-state index contributed by atoms with van der Waals surface area (Å²) in [4.78, 5) is 25.6. The van der Waals surface area contributed by atoms with Crippen LogP contribution < -0.4 is 0 Å². The second kappa shape index (κ2) is 10.2. The Hall–Kier alpha value is -1.60. The number of hydrogen-bond donors (Lipinski definition) is 3. The fourth-order valence-corrected chi connectivity index (χ4v) is 3.23. The van der Waals surface area contributed by atoms with Gasteiger partial charge in [0.15, 0.2) is 5.60 Å². The summed E-state index contributed by atoms with van der Waals surface area (Å²) in [7, 11) is 0. The predicted octanol–water partition coefficient (Wildman–Crippen LogP) is 2.21. The van der Waals surface area contributed by atoms with E-state index in [-0.39, 0.29) is 5.75 Å². The molecule has 0 bridgehead atoms. The van der Waals surface area contributed by atoms with Crippen molar-refractivity contribution in [2.24, 2.45) is 0 Å². The highest BCUT2D eigenvalue weighted by Gasteiger charge is 2.38. The first-order chi connectivity index (χ1) is 10.9. The van der Waals surface area contributed by atoms with Crippen LogP contribution in [0.5, 0.6) is 0 Å². The molecule has 0 aliphatic rings. The molecule has 1 aromatic heterocycles. The first-order valence-electron chi connectivity index (χ1n) is 7.58. The average Bonchev–Trinajstić information content (AvgIpc) is 2.50. The Balaban J connectivity index is 2.10. The lowest BCUT2D eigenvalue weighted by molar-refractivity contribution is -0.162. The maximum Gasteiger partial charge on any atom is 0.337 e. The van der Waals surface area contributed by atoms with Gasteiger partial charge in [-0.3, -0.25) is 9.78 Å². The predicted molar refractivity (Wildman–Crippen MR) is 88.6 cm³/mol. The first kappa shape index (κ1) is 19.4. The van der Waals surface area contributed by atoms with Crippen LogP contribution in [-0.4, -0.2) is 49.3 Å². The van der Waals surface area contributed by atoms with Gasteiger partial charge in [-0.15, -0.1) is 0 Å². The van der Waals surface area contributed by atoms with Gasteiger partial charge in [0.25, 0.3) is 0 Å². The molecule has 23 heavy (non-hydrogen) atoms. The van der Waals surface area contributed by atoms with Gasteiger partial charge in [-0.05, 0) is 36.6 Å². The number of aryl methyl sites for hydroxylation is 1. The molecule has 7 heteroatoms. The Labute approximate surface area is 139 Å². The largest absolute Gasteiger partial charge is 0.481 e. The molecule has 0 aliphatic carbocycles. The molecule has 0 aromatic carbocycles. The minimum Gasteiger partial charge on any atom is -0.481 e. The van der Waals surface area contributed by atoms with Gasteiger partial charge >= 0.3 is 11.9 Å². The molecule has 1 heterocycles. The molecule has 1 rings (SSSR count). The summed E-state index contributed by atoms with van der Waals surface area (Å²) < 4.78 is 0. The lowest BCUT2D eigenvalue weighted by atomic mass is 10.0. The van der Waals surface area contributed by atoms with Gasteiger partial charge < -0.3 is 15.3 Å². The third-order valence-corrected chi connectivity index (χ3v) is 4.67. The summed E-state index contributed by atoms with van der Waals surface area (Å²) in [6, 6.07) is 3.98. The van der Waals surface area contributed by atoms with Crippen molar-refractivity contribution in [2.45, 2.75) is 44.1 Å². The summed E-state index contributed by atoms with van der Waals surface area (Å²) in [6.45, 7) is 0. The fraction of sp³-hybridized carbons (Fsp3) is 0.562. The summed E-state index contributed by atoms with van der Waals surface area (Å²) in [5, 5.41) is 27.4. The zero-order valence-electron chi connectivity index (χ0n) is 13.0. The molecule has 6 nitrogen and oxygen atoms in total. The smallest absolute Gasteiger partial charge is 0.337 e. The second-order valence-electron chi connectivity index (χ2n) is 5.49. The maximum atomic E-state index is 11.0. The van der Waals surface area contributed by atoms with Gasteiger partial charge in [-0.25, -0.2) is 4.79 Å². The van der Waals surface area contributed by atoms with Crippen LogP contribution in [0.4, 0.5) is 0 Å². The number of rotatable bonds is 12. The van der Waals surface area contributed by atoms with Gasteiger partial charge in [0.1, 0.15) is 0 Å². The van der Waals surface area contributed by atoms with Crippen molar-refractivity contribution in [3.63, 3.8) is 0 Å². The number of aliphatic carboxylic acids is 2. The molecule has 0 radical (unpaired) electrons. The number of carboxylic acid groups (broad SMARTS) is 2. The van der Waals surface area contributed by atoms with Crippen LogP contribution in [0.25, 0.3) is 0 Å². The van der Waals surface area contributed by atoms with Crippen LogP contribution in [0.3, 0.4) is 0 Å². The number of carboxylic acids is 2. The number of aromatic nitrogens is 1. The number of hydrogen-bond acceptors (Lipinski definition) is 5. The molecule has 0 spiro atoms. The molecule has 0 amide bonds. The van der Waals surface area contributed by atoms with Crippen molar-refractivity contribution in [1.82, 2.24) is 4.98 Å². The number of thioether (sulfide) groups is 1. The highest BCUT2D eigenvalue weighted by atomic mass is 32.2. The van der Waals surface area contributed by atoms with Crippen molar-refractivity contribution in [2.75, 3.05) is 11.5 Å². The van der Waals surface area contributed by atoms with Gasteiger partial charge in [0, 0.05) is 18.1 Å². The highest BCUT2D eigenvalue weighted by Crippen LogP contribution is 2.20. The van der Waals surface area contributed by atoms with E-state index in [9.17, 15) is 14.7 Å². The summed E-state index contributed by atoms with van der Waals surface area (Å²) in [5.41, 5.74) is -0.960. The Bertz CT molecular complexity index is 497. The lowest BCUT2D eigenvalue weighted by Crippen LogP contribution is -2.43. The van der Waals surface area contributed by atoms with Crippen molar-refractivity contribution < 1.29 is 24.9 Å². The van der Waals surface area contributed by atoms with E-state index in [4.69, 9.17) is 10.2 Å². The molecule has 0 saturated carbocycles. The molecule has 0 aliphatic heterocycles. The zero-order valence-corrected chi connectivity index (χ0v) is 13.8. The molecule has 0 fully saturated rings. The number of nitrogens with zero attached hydrogens (tertiary/aromatic N) is 1. The Morgan fingerprint density at radius 2 is 1.91 bits per heavy atom. The molecular weight excluding hydrogens is 318 g/mol. The minimum atomic E-state index is -2.18. The number of pyridine rings is 1. The Morgan fingerprint density at radius 1 is 1.17 bits per heavy atom. The standard InChI is InChI=1S/C16H23NO5S/c18-14(19)10-16(22,15(20)21)12-23-9-4-2-1-3-6-13-7-5-8-17-11-13/h5,7-8,11,22H,1-4,6,9-10,12H2,(H,18,19)(H,20,21)/t16-/m0/s1. The fourth-order valence-electron chi connectivity index (χ4n) is 2.11. The summed E-state index contributed by atoms with van der Waals surface area (Å²) in [5.74, 6) is -2.19. The molecule has 0 saturated heterocycles. The van der Waals surface area contributed by atoms with Gasteiger partial charge in [0.05, 0.1) is 6.42 Å². The third-order valence-electron chi connectivity index (χ3n) is 3.41. The Morgan fingerprint density at radius 3 is 2.52 bits per heavy atom. The van der Waals surface area contributed by atoms with E-state index in [1.807, 2.05) is 12.3 Å². The van der Waals surface area contributed by atoms with Crippen LogP contribution >= 0.6 is 11.8 Å². The van der Waals surface area contributed by atoms with Crippen LogP contribution in [0.15, 0.2) is 24.5 Å². The summed E-state index contributed by atoms with van der Waals surface area (Å²) in [6.07, 6.45) is 7.94. The molecule has 0 unspecified atom stereocenters. The third kappa shape index (κ3) is 7.99. The van der Waals surface area contributed by atoms with Crippen molar-refractivity contribution in [1.29, 1.82) is 0 Å². The Kier molecular flexibility index (Phi) is 8.65. The first-order valence-corrected chi connectivity index (χ1v) is 8.74. The molecule has 3 N–H and O–H groups in total. The van der Waals surface area contributed by atoms with E-state index in [0.717, 1.165) is 32.1 Å². The van der Waals surface area contributed by atoms with Gasteiger partial charge in [-0.2, -0.15) is 11.8 Å². The van der Waals surface area contributed by atoms with Crippen LogP contribution in [0, 0.1) is 0 Å². The normalized spacial score (nSPS) is 13.4. The second-order valence-corrected chi connectivity index (χ2v) is 6.59. The maximum absolute atomic E-state index is 11.0. The van der Waals surface area contributed by atoms with Crippen LogP contribution in [0.1, 0.15) is 37.7 Å². The van der Waals surface area contributed by atoms with Gasteiger partial charge in [0.2, 0.25) is 0 Å². The minimum absolute atomic E-state index is 0.107. The van der Waals surface area contributed by atoms with E-state index in [1.165, 1.54) is 17.3 Å². The average molecular weight is 341 g/mol. The molecular formula is C16H23NO5S. The topological polar surface area (TPSA) is 108 Å². The monoisotopic (exact) mass is 341 g/mol. The molecule has 1 aromatic rings. The summed E-state index contributed by atoms with van der Waals surface area (Å²) >= 11 is 1.28. The van der Waals surface area contributed by atoms with Crippen molar-refractivity contribution in [3.8, 4) is 0 Å². The quantitative estimate of drug-likeness (QED) is 0.500. The van der Waals surface area contributed by atoms with E-state index in [0.29, 0.717) is 5.75 Å². The number of carbonyl (C=O) groups is 2. The van der Waals surface area contributed by atoms with E-state index >= 15 is 0 Å². The highest BCUT2D eigenvalue weighted by molar-refractivity contribution is 7.99. The molecule has 1 atom stereocenters. The van der Waals surface area contributed by atoms with Crippen molar-refractivity contribution >= 4 is 23.7 Å². The number of aliphatic hydroxyl groups is 1. The van der Waals surface area contributed by atoms with E-state index < -0.39 is 24.0 Å². The van der Waals surface area contributed by atoms with E-state index in [2.05, 4.69) is 11.1 Å². The number of unbranched alkanes of at least 4 members (excludes halogenated alkanes) is 3. The van der Waals surface area contributed by atoms with E-state index in [1.54, 1.807) is 6.20 Å². The van der Waals surface area contributed by atoms with Crippen LogP contribution in [-0.2, 0) is 16.0 Å². The van der Waals surface area contributed by atoms with Crippen molar-refractivity contribution in [3.05, 3.63) is 30.1 Å². The van der Waals surface area contributed by atoms with Crippen LogP contribution in [0.2, 0.25) is 0 Å². The SMILES string of the molecule is O=C(O)C[C@](O)(CSCCCCCCc1cccnc1)C(=O)O. The molecule has 128 valence electrons.